The van der Waals surface area contributed by atoms with Crippen molar-refractivity contribution in [3.63, 3.8) is 0 Å². The van der Waals surface area contributed by atoms with Crippen molar-refractivity contribution in [2.45, 2.75) is 60.5 Å². The number of amides is 1. The Kier molecular flexibility index (Phi) is 9.38. The minimum Gasteiger partial charge on any atom is -0.444 e. The molecule has 0 aliphatic carbocycles. The van der Waals surface area contributed by atoms with Crippen LogP contribution in [0.5, 0.6) is 0 Å². The zero-order chi connectivity index (χ0) is 24.6. The van der Waals surface area contributed by atoms with Gasteiger partial charge in [0.25, 0.3) is 0 Å². The minimum absolute atomic E-state index is 0.270. The highest BCUT2D eigenvalue weighted by Crippen LogP contribution is 2.34. The molecule has 1 aromatic heterocycles. The van der Waals surface area contributed by atoms with Crippen molar-refractivity contribution in [1.29, 1.82) is 0 Å². The Morgan fingerprint density at radius 1 is 1.27 bits per heavy atom. The fraction of sp³-hybridized carbons (Fsp3) is 0.538. The van der Waals surface area contributed by atoms with E-state index in [2.05, 4.69) is 52.4 Å². The molecule has 33 heavy (non-hydrogen) atoms. The van der Waals surface area contributed by atoms with Crippen LogP contribution in [0.3, 0.4) is 0 Å². The number of hydrogen-bond donors (Lipinski definition) is 0. The Labute approximate surface area is 199 Å². The van der Waals surface area contributed by atoms with Gasteiger partial charge in [0.15, 0.2) is 0 Å². The number of aromatic nitrogens is 2. The number of carbonyl (C=O) groups excluding carboxylic acids is 1. The Bertz CT molecular complexity index is 919. The van der Waals surface area contributed by atoms with Crippen LogP contribution < -0.4 is 4.90 Å². The first kappa shape index (κ1) is 26.3. The summed E-state index contributed by atoms with van der Waals surface area (Å²) in [5.74, 6) is 1.24. The van der Waals surface area contributed by atoms with Crippen LogP contribution in [0, 0.1) is 12.8 Å². The average Bonchev–Trinajstić information content (AvgIpc) is 2.77. The maximum Gasteiger partial charge on any atom is 0.410 e. The fourth-order valence-electron chi connectivity index (χ4n) is 3.59. The van der Waals surface area contributed by atoms with Crippen LogP contribution in [0.15, 0.2) is 41.8 Å². The smallest absolute Gasteiger partial charge is 0.410 e. The second-order valence-corrected chi connectivity index (χ2v) is 9.27. The summed E-state index contributed by atoms with van der Waals surface area (Å²) in [6, 6.07) is 0. The molecule has 1 aromatic rings. The number of aliphatic imine (C=N–C) groups is 1. The molecule has 0 N–H and O–H groups in total. The topological polar surface area (TPSA) is 70.9 Å². The van der Waals surface area contributed by atoms with E-state index in [0.29, 0.717) is 32.1 Å². The van der Waals surface area contributed by atoms with Gasteiger partial charge in [-0.1, -0.05) is 45.1 Å². The van der Waals surface area contributed by atoms with Gasteiger partial charge >= 0.3 is 6.09 Å². The number of rotatable bonds is 7. The molecule has 1 atom stereocenters. The predicted octanol–water partition coefficient (Wildman–Crippen LogP) is 5.43. The van der Waals surface area contributed by atoms with E-state index in [4.69, 9.17) is 4.74 Å². The standard InChI is InChI=1S/C26H39N5O2/c1-9-12-27-22(17-19(4)10-2)21(11-3)23-20(5)28-18-29-24(23)30-13-15-31(16-14-30)25(32)33-26(6,7)8/h9,11-12,17-19H,1,10,13-16H2,2-8H3/b21-11-,22-17-,27-12?. The van der Waals surface area contributed by atoms with Crippen molar-refractivity contribution < 1.29 is 9.53 Å². The van der Waals surface area contributed by atoms with Gasteiger partial charge in [0.1, 0.15) is 17.7 Å². The van der Waals surface area contributed by atoms with Gasteiger partial charge in [-0.3, -0.25) is 4.99 Å². The molecule has 1 aliphatic heterocycles. The van der Waals surface area contributed by atoms with Crippen LogP contribution in [0.25, 0.3) is 5.57 Å². The molecule has 1 fully saturated rings. The molecule has 180 valence electrons. The third-order valence-corrected chi connectivity index (χ3v) is 5.49. The molecule has 7 heteroatoms. The largest absolute Gasteiger partial charge is 0.444 e. The molecule has 0 saturated carbocycles. The third-order valence-electron chi connectivity index (χ3n) is 5.49. The molecule has 2 heterocycles. The second kappa shape index (κ2) is 11.8. The Morgan fingerprint density at radius 3 is 2.48 bits per heavy atom. The molecular weight excluding hydrogens is 414 g/mol. The molecule has 0 spiro atoms. The van der Waals surface area contributed by atoms with Crippen molar-refractivity contribution >= 4 is 23.7 Å². The van der Waals surface area contributed by atoms with Crippen LogP contribution in [0.4, 0.5) is 10.6 Å². The van der Waals surface area contributed by atoms with Crippen molar-refractivity contribution in [1.82, 2.24) is 14.9 Å². The molecule has 1 aliphatic rings. The van der Waals surface area contributed by atoms with Gasteiger partial charge in [-0.25, -0.2) is 14.8 Å². The van der Waals surface area contributed by atoms with E-state index in [-0.39, 0.29) is 6.09 Å². The SMILES string of the molecule is C=CC=NC(=C\C(C)CC)/C(=C/C)c1c(C)ncnc1N1CCN(C(=O)OC(C)(C)C)CC1. The summed E-state index contributed by atoms with van der Waals surface area (Å²) in [6.07, 6.45) is 10.0. The quantitative estimate of drug-likeness (QED) is 0.406. The van der Waals surface area contributed by atoms with E-state index >= 15 is 0 Å². The van der Waals surface area contributed by atoms with Gasteiger partial charge < -0.3 is 14.5 Å². The van der Waals surface area contributed by atoms with Gasteiger partial charge in [0.2, 0.25) is 0 Å². The Morgan fingerprint density at radius 2 is 1.94 bits per heavy atom. The van der Waals surface area contributed by atoms with Crippen LogP contribution in [-0.2, 0) is 4.74 Å². The number of aryl methyl sites for hydroxylation is 1. The summed E-state index contributed by atoms with van der Waals surface area (Å²) < 4.78 is 5.54. The van der Waals surface area contributed by atoms with Gasteiger partial charge in [0, 0.05) is 43.5 Å². The van der Waals surface area contributed by atoms with E-state index in [9.17, 15) is 4.79 Å². The van der Waals surface area contributed by atoms with Gasteiger partial charge in [0.05, 0.1) is 11.4 Å². The Hall–Kier alpha value is -2.96. The first-order chi connectivity index (χ1) is 15.6. The van der Waals surface area contributed by atoms with Crippen molar-refractivity contribution in [2.75, 3.05) is 31.1 Å². The van der Waals surface area contributed by atoms with Crippen molar-refractivity contribution in [3.05, 3.63) is 48.1 Å². The number of allylic oxidation sites excluding steroid dienone is 4. The van der Waals surface area contributed by atoms with Crippen molar-refractivity contribution in [3.8, 4) is 0 Å². The van der Waals surface area contributed by atoms with Crippen LogP contribution in [-0.4, -0.2) is 59.0 Å². The summed E-state index contributed by atoms with van der Waals surface area (Å²) in [4.78, 5) is 30.3. The molecule has 1 unspecified atom stereocenters. The van der Waals surface area contributed by atoms with E-state index < -0.39 is 5.60 Å². The maximum atomic E-state index is 12.5. The number of anilines is 1. The van der Waals surface area contributed by atoms with E-state index in [1.54, 1.807) is 23.5 Å². The minimum atomic E-state index is -0.504. The monoisotopic (exact) mass is 453 g/mol. The number of hydrogen-bond acceptors (Lipinski definition) is 6. The highest BCUT2D eigenvalue weighted by molar-refractivity contribution is 5.87. The lowest BCUT2D eigenvalue weighted by Crippen LogP contribution is -2.50. The van der Waals surface area contributed by atoms with Crippen LogP contribution >= 0.6 is 0 Å². The van der Waals surface area contributed by atoms with E-state index in [1.807, 2.05) is 34.6 Å². The predicted molar refractivity (Wildman–Crippen MR) is 137 cm³/mol. The molecule has 2 rings (SSSR count). The zero-order valence-electron chi connectivity index (χ0n) is 21.3. The summed E-state index contributed by atoms with van der Waals surface area (Å²) in [6.45, 7) is 20.3. The number of nitrogens with zero attached hydrogens (tertiary/aromatic N) is 5. The summed E-state index contributed by atoms with van der Waals surface area (Å²) in [5, 5.41) is 0. The number of piperazine rings is 1. The first-order valence-corrected chi connectivity index (χ1v) is 11.7. The molecule has 7 nitrogen and oxygen atoms in total. The summed E-state index contributed by atoms with van der Waals surface area (Å²) >= 11 is 0. The van der Waals surface area contributed by atoms with E-state index in [1.165, 1.54) is 0 Å². The highest BCUT2D eigenvalue weighted by Gasteiger charge is 2.28. The summed E-state index contributed by atoms with van der Waals surface area (Å²) in [7, 11) is 0. The van der Waals surface area contributed by atoms with E-state index in [0.717, 1.165) is 34.8 Å². The van der Waals surface area contributed by atoms with Crippen molar-refractivity contribution in [2.24, 2.45) is 10.9 Å². The van der Waals surface area contributed by atoms with Gasteiger partial charge in [-0.15, -0.1) is 0 Å². The zero-order valence-corrected chi connectivity index (χ0v) is 21.3. The van der Waals surface area contributed by atoms with Crippen LogP contribution in [0.1, 0.15) is 59.2 Å². The molecule has 1 saturated heterocycles. The lowest BCUT2D eigenvalue weighted by atomic mass is 9.97. The molecular formula is C26H39N5O2. The lowest BCUT2D eigenvalue weighted by molar-refractivity contribution is 0.0240. The third kappa shape index (κ3) is 7.27. The van der Waals surface area contributed by atoms with Crippen LogP contribution in [0.2, 0.25) is 0 Å². The maximum absolute atomic E-state index is 12.5. The summed E-state index contributed by atoms with van der Waals surface area (Å²) in [5.41, 5.74) is 3.25. The highest BCUT2D eigenvalue weighted by atomic mass is 16.6. The lowest BCUT2D eigenvalue weighted by Gasteiger charge is -2.37. The number of ether oxygens (including phenoxy) is 1. The molecule has 0 bridgehead atoms. The first-order valence-electron chi connectivity index (χ1n) is 11.7. The second-order valence-electron chi connectivity index (χ2n) is 9.27. The molecule has 0 radical (unpaired) electrons. The molecule has 1 amide bonds. The average molecular weight is 454 g/mol. The fourth-order valence-corrected chi connectivity index (χ4v) is 3.59. The normalized spacial score (nSPS) is 16.8. The Balaban J connectivity index is 2.37. The number of carbonyl (C=O) groups is 1. The van der Waals surface area contributed by atoms with Gasteiger partial charge in [-0.2, -0.15) is 0 Å². The molecule has 0 aromatic carbocycles. The van der Waals surface area contributed by atoms with Gasteiger partial charge in [-0.05, 0) is 40.5 Å².